The lowest BCUT2D eigenvalue weighted by molar-refractivity contribution is -0.140. The Morgan fingerprint density at radius 2 is 2.21 bits per heavy atom. The molecule has 4 nitrogen and oxygen atoms in total. The molecular formula is C24H26O4S. The van der Waals surface area contributed by atoms with Crippen molar-refractivity contribution in [2.75, 3.05) is 7.11 Å². The minimum Gasteiger partial charge on any atom is -0.504 e. The summed E-state index contributed by atoms with van der Waals surface area (Å²) < 4.78 is 10.7. The molecule has 3 rings (SSSR count). The van der Waals surface area contributed by atoms with Gasteiger partial charge in [-0.05, 0) is 61.1 Å². The summed E-state index contributed by atoms with van der Waals surface area (Å²) in [6.07, 6.45) is 13.9. The lowest BCUT2D eigenvalue weighted by atomic mass is 9.99. The first kappa shape index (κ1) is 21.1. The minimum atomic E-state index is -0.516. The van der Waals surface area contributed by atoms with Crippen molar-refractivity contribution in [3.63, 3.8) is 0 Å². The predicted octanol–water partition coefficient (Wildman–Crippen LogP) is 5.56. The van der Waals surface area contributed by atoms with E-state index >= 15 is 0 Å². The lowest BCUT2D eigenvalue weighted by Gasteiger charge is -2.14. The standard InChI is InChI=1S/C24H26O4S/c1-3-22(27-2)21(25)8-5-13-24(14-15-24)23(26)28-19-7-4-6-18(16-19)17-9-11-20(29)12-10-17/h3-11,16,20,25,29H,1,12-15H2,2H3/b8-5-,22-21-. The highest BCUT2D eigenvalue weighted by Gasteiger charge is 2.50. The van der Waals surface area contributed by atoms with Gasteiger partial charge in [-0.15, -0.1) is 0 Å². The molecule has 1 fully saturated rings. The van der Waals surface area contributed by atoms with Gasteiger partial charge in [-0.3, -0.25) is 4.79 Å². The average Bonchev–Trinajstić information content (AvgIpc) is 3.51. The van der Waals surface area contributed by atoms with Crippen molar-refractivity contribution in [1.29, 1.82) is 0 Å². The summed E-state index contributed by atoms with van der Waals surface area (Å²) >= 11 is 4.44. The number of benzene rings is 1. The van der Waals surface area contributed by atoms with Gasteiger partial charge in [0.2, 0.25) is 0 Å². The molecule has 1 unspecified atom stereocenters. The molecule has 0 radical (unpaired) electrons. The fourth-order valence-electron chi connectivity index (χ4n) is 3.19. The van der Waals surface area contributed by atoms with Crippen molar-refractivity contribution in [1.82, 2.24) is 0 Å². The number of ether oxygens (including phenoxy) is 2. The highest BCUT2D eigenvalue weighted by Crippen LogP contribution is 2.50. The van der Waals surface area contributed by atoms with Crippen LogP contribution in [0.25, 0.3) is 5.57 Å². The van der Waals surface area contributed by atoms with E-state index in [4.69, 9.17) is 9.47 Å². The Labute approximate surface area is 177 Å². The van der Waals surface area contributed by atoms with Gasteiger partial charge in [0.15, 0.2) is 11.5 Å². The molecule has 0 aliphatic heterocycles. The Kier molecular flexibility index (Phi) is 6.70. The number of rotatable bonds is 8. The van der Waals surface area contributed by atoms with Crippen LogP contribution in [-0.2, 0) is 9.53 Å². The van der Waals surface area contributed by atoms with Gasteiger partial charge in [0, 0.05) is 5.25 Å². The predicted molar refractivity (Wildman–Crippen MR) is 119 cm³/mol. The number of hydrogen-bond donors (Lipinski definition) is 2. The summed E-state index contributed by atoms with van der Waals surface area (Å²) in [7, 11) is 1.46. The van der Waals surface area contributed by atoms with E-state index in [0.717, 1.165) is 30.4 Å². The molecule has 5 heteroatoms. The van der Waals surface area contributed by atoms with Gasteiger partial charge in [-0.2, -0.15) is 12.6 Å². The van der Waals surface area contributed by atoms with Crippen LogP contribution in [0, 0.1) is 5.41 Å². The molecule has 1 saturated carbocycles. The molecular weight excluding hydrogens is 384 g/mol. The molecule has 0 amide bonds. The summed E-state index contributed by atoms with van der Waals surface area (Å²) in [5.74, 6) is 0.584. The lowest BCUT2D eigenvalue weighted by Crippen LogP contribution is -2.21. The molecule has 0 spiro atoms. The molecule has 1 aromatic rings. The van der Waals surface area contributed by atoms with E-state index in [9.17, 15) is 9.90 Å². The van der Waals surface area contributed by atoms with Crippen LogP contribution < -0.4 is 4.74 Å². The zero-order valence-electron chi connectivity index (χ0n) is 16.5. The maximum absolute atomic E-state index is 12.7. The third kappa shape index (κ3) is 5.24. The summed E-state index contributed by atoms with van der Waals surface area (Å²) in [6.45, 7) is 3.58. The largest absolute Gasteiger partial charge is 0.504 e. The van der Waals surface area contributed by atoms with E-state index in [1.54, 1.807) is 12.1 Å². The van der Waals surface area contributed by atoms with Crippen LogP contribution in [-0.4, -0.2) is 23.4 Å². The number of allylic oxidation sites excluding steroid dienone is 6. The van der Waals surface area contributed by atoms with Crippen molar-refractivity contribution in [2.45, 2.75) is 30.9 Å². The number of esters is 1. The highest BCUT2D eigenvalue weighted by atomic mass is 32.1. The smallest absolute Gasteiger partial charge is 0.317 e. The molecule has 152 valence electrons. The first-order valence-electron chi connectivity index (χ1n) is 9.63. The quantitative estimate of drug-likeness (QED) is 0.194. The van der Waals surface area contributed by atoms with Crippen LogP contribution in [0.2, 0.25) is 0 Å². The Bertz CT molecular complexity index is 903. The van der Waals surface area contributed by atoms with Crippen molar-refractivity contribution in [3.8, 4) is 5.75 Å². The normalized spacial score (nSPS) is 20.6. The van der Waals surface area contributed by atoms with Crippen molar-refractivity contribution in [3.05, 3.63) is 84.4 Å². The van der Waals surface area contributed by atoms with Crippen molar-refractivity contribution >= 4 is 24.2 Å². The first-order valence-corrected chi connectivity index (χ1v) is 10.1. The topological polar surface area (TPSA) is 55.8 Å². The first-order chi connectivity index (χ1) is 14.0. The zero-order valence-corrected chi connectivity index (χ0v) is 17.4. The molecule has 1 aromatic carbocycles. The number of aliphatic hydroxyl groups excluding tert-OH is 1. The third-order valence-electron chi connectivity index (χ3n) is 5.18. The number of aliphatic hydroxyl groups is 1. The van der Waals surface area contributed by atoms with Gasteiger partial charge in [-0.1, -0.05) is 43.0 Å². The van der Waals surface area contributed by atoms with Gasteiger partial charge in [0.25, 0.3) is 0 Å². The Morgan fingerprint density at radius 3 is 2.83 bits per heavy atom. The van der Waals surface area contributed by atoms with Crippen LogP contribution in [0.5, 0.6) is 5.75 Å². The Hall–Kier alpha value is -2.66. The maximum atomic E-state index is 12.7. The number of methoxy groups -OCH3 is 1. The van der Waals surface area contributed by atoms with Crippen LogP contribution in [0.3, 0.4) is 0 Å². The molecule has 29 heavy (non-hydrogen) atoms. The van der Waals surface area contributed by atoms with E-state index in [2.05, 4.69) is 31.4 Å². The van der Waals surface area contributed by atoms with E-state index < -0.39 is 5.41 Å². The fourth-order valence-corrected chi connectivity index (χ4v) is 3.38. The van der Waals surface area contributed by atoms with E-state index in [1.807, 2.05) is 24.3 Å². The average molecular weight is 411 g/mol. The number of thiol groups is 1. The van der Waals surface area contributed by atoms with E-state index in [1.165, 1.54) is 19.3 Å². The van der Waals surface area contributed by atoms with Gasteiger partial charge >= 0.3 is 5.97 Å². The van der Waals surface area contributed by atoms with Gasteiger partial charge in [-0.25, -0.2) is 0 Å². The van der Waals surface area contributed by atoms with Crippen LogP contribution in [0.1, 0.15) is 31.2 Å². The maximum Gasteiger partial charge on any atom is 0.317 e. The number of hydrogen-bond acceptors (Lipinski definition) is 5. The van der Waals surface area contributed by atoms with E-state index in [-0.39, 0.29) is 17.0 Å². The number of carbonyl (C=O) groups is 1. The molecule has 0 heterocycles. The third-order valence-corrected chi connectivity index (χ3v) is 5.57. The van der Waals surface area contributed by atoms with Crippen LogP contribution >= 0.6 is 12.6 Å². The van der Waals surface area contributed by atoms with Crippen LogP contribution in [0.15, 0.2) is 78.8 Å². The molecule has 0 bridgehead atoms. The molecule has 0 aromatic heterocycles. The van der Waals surface area contributed by atoms with Gasteiger partial charge < -0.3 is 14.6 Å². The van der Waals surface area contributed by atoms with Gasteiger partial charge in [0.1, 0.15) is 5.75 Å². The molecule has 1 atom stereocenters. The van der Waals surface area contributed by atoms with Crippen LogP contribution in [0.4, 0.5) is 0 Å². The van der Waals surface area contributed by atoms with E-state index in [0.29, 0.717) is 17.9 Å². The van der Waals surface area contributed by atoms with Crippen molar-refractivity contribution < 1.29 is 19.4 Å². The second-order valence-corrected chi connectivity index (χ2v) is 7.95. The highest BCUT2D eigenvalue weighted by molar-refractivity contribution is 7.81. The van der Waals surface area contributed by atoms with Gasteiger partial charge in [0.05, 0.1) is 12.5 Å². The Morgan fingerprint density at radius 1 is 1.41 bits per heavy atom. The number of carbonyl (C=O) groups excluding carboxylic acids is 1. The molecule has 1 N–H and O–H groups in total. The molecule has 0 saturated heterocycles. The Balaban J connectivity index is 1.64. The zero-order chi connectivity index (χ0) is 20.9. The summed E-state index contributed by atoms with van der Waals surface area (Å²) in [4.78, 5) is 12.7. The SMILES string of the molecule is C=C/C(OC)=C(O)\C=C/CC1(C(=O)Oc2cccc(C3=CCC(S)C=C3)c2)CC1. The monoisotopic (exact) mass is 410 g/mol. The summed E-state index contributed by atoms with van der Waals surface area (Å²) in [6, 6.07) is 7.58. The minimum absolute atomic E-state index is 0.0170. The fraction of sp³-hybridized carbons (Fsp3) is 0.292. The second kappa shape index (κ2) is 9.23. The summed E-state index contributed by atoms with van der Waals surface area (Å²) in [5.41, 5.74) is 1.61. The van der Waals surface area contributed by atoms with Crippen molar-refractivity contribution in [2.24, 2.45) is 5.41 Å². The summed E-state index contributed by atoms with van der Waals surface area (Å²) in [5, 5.41) is 10.2. The molecule has 2 aliphatic carbocycles. The molecule has 2 aliphatic rings. The second-order valence-electron chi connectivity index (χ2n) is 7.28.